The van der Waals surface area contributed by atoms with Crippen LogP contribution in [0.2, 0.25) is 0 Å². The minimum Gasteiger partial charge on any atom is -0.378 e. The van der Waals surface area contributed by atoms with Crippen LogP contribution in [0.1, 0.15) is 32.6 Å². The largest absolute Gasteiger partial charge is 0.378 e. The highest BCUT2D eigenvalue weighted by Gasteiger charge is 2.25. The van der Waals surface area contributed by atoms with Crippen LogP contribution in [0.5, 0.6) is 0 Å². The summed E-state index contributed by atoms with van der Waals surface area (Å²) in [6, 6.07) is 0.476. The maximum atomic E-state index is 12.1. The highest BCUT2D eigenvalue weighted by Crippen LogP contribution is 2.28. The molecule has 1 N–H and O–H groups in total. The van der Waals surface area contributed by atoms with Crippen molar-refractivity contribution in [3.05, 3.63) is 0 Å². The number of hydrogen-bond acceptors (Lipinski definition) is 3. The molecule has 0 aromatic carbocycles. The molecule has 1 saturated carbocycles. The average Bonchev–Trinajstić information content (AvgIpc) is 2.40. The van der Waals surface area contributed by atoms with Gasteiger partial charge in [0.25, 0.3) is 0 Å². The molecule has 1 aliphatic carbocycles. The molecule has 104 valence electrons. The van der Waals surface area contributed by atoms with E-state index in [1.807, 2.05) is 16.7 Å². The number of nitrogens with zero attached hydrogens (tertiary/aromatic N) is 1. The van der Waals surface area contributed by atoms with Crippen LogP contribution in [-0.4, -0.2) is 54.3 Å². The summed E-state index contributed by atoms with van der Waals surface area (Å²) in [7, 11) is 0. The summed E-state index contributed by atoms with van der Waals surface area (Å²) < 4.78 is 5.26. The molecular formula is C13H24N2O2S. The number of ether oxygens (including phenoxy) is 1. The van der Waals surface area contributed by atoms with Crippen molar-refractivity contribution in [3.63, 3.8) is 0 Å². The van der Waals surface area contributed by atoms with Crippen molar-refractivity contribution in [2.75, 3.05) is 32.1 Å². The molecule has 2 rings (SSSR count). The lowest BCUT2D eigenvalue weighted by molar-refractivity contribution is 0.0522. The van der Waals surface area contributed by atoms with Gasteiger partial charge in [-0.1, -0.05) is 13.3 Å². The molecule has 1 saturated heterocycles. The number of carbonyl (C=O) groups excluding carboxylic acids is 1. The van der Waals surface area contributed by atoms with Gasteiger partial charge in [0.2, 0.25) is 0 Å². The fourth-order valence-corrected chi connectivity index (χ4v) is 3.87. The van der Waals surface area contributed by atoms with Gasteiger partial charge in [-0.3, -0.25) is 0 Å². The first kappa shape index (κ1) is 14.0. The average molecular weight is 272 g/mol. The van der Waals surface area contributed by atoms with Gasteiger partial charge in [-0.05, 0) is 25.0 Å². The van der Waals surface area contributed by atoms with Crippen LogP contribution in [-0.2, 0) is 4.74 Å². The Morgan fingerprint density at radius 2 is 2.17 bits per heavy atom. The van der Waals surface area contributed by atoms with Gasteiger partial charge in [0.05, 0.1) is 13.2 Å². The Labute approximate surface area is 114 Å². The number of rotatable bonds is 3. The predicted molar refractivity (Wildman–Crippen MR) is 75.1 cm³/mol. The normalized spacial score (nSPS) is 29.1. The van der Waals surface area contributed by atoms with Crippen LogP contribution < -0.4 is 5.32 Å². The number of urea groups is 1. The Hall–Kier alpha value is -0.420. The summed E-state index contributed by atoms with van der Waals surface area (Å²) >= 11 is 2.03. The van der Waals surface area contributed by atoms with E-state index in [1.165, 1.54) is 18.6 Å². The van der Waals surface area contributed by atoms with Crippen LogP contribution in [0.4, 0.5) is 4.79 Å². The van der Waals surface area contributed by atoms with E-state index < -0.39 is 0 Å². The quantitative estimate of drug-likeness (QED) is 0.855. The predicted octanol–water partition coefficient (Wildman–Crippen LogP) is 2.09. The number of hydrogen-bond donors (Lipinski definition) is 1. The second-order valence-corrected chi connectivity index (χ2v) is 6.57. The lowest BCUT2D eigenvalue weighted by atomic mass is 9.95. The molecule has 2 atom stereocenters. The molecule has 0 aromatic rings. The smallest absolute Gasteiger partial charge is 0.317 e. The molecule has 2 fully saturated rings. The molecule has 0 spiro atoms. The van der Waals surface area contributed by atoms with Crippen LogP contribution in [0.25, 0.3) is 0 Å². The van der Waals surface area contributed by atoms with E-state index in [0.717, 1.165) is 31.2 Å². The SMILES string of the molecule is CCSC1CCCC(NC(=O)N2CCOCC2)C1. The summed E-state index contributed by atoms with van der Waals surface area (Å²) in [4.78, 5) is 14.0. The summed E-state index contributed by atoms with van der Waals surface area (Å²) in [6.07, 6.45) is 4.82. The van der Waals surface area contributed by atoms with E-state index in [0.29, 0.717) is 19.3 Å². The molecule has 1 aliphatic heterocycles. The van der Waals surface area contributed by atoms with E-state index in [-0.39, 0.29) is 6.03 Å². The number of nitrogens with one attached hydrogen (secondary N) is 1. The lowest BCUT2D eigenvalue weighted by Crippen LogP contribution is -2.50. The van der Waals surface area contributed by atoms with Gasteiger partial charge in [-0.15, -0.1) is 0 Å². The molecule has 0 aromatic heterocycles. The minimum atomic E-state index is 0.102. The van der Waals surface area contributed by atoms with Crippen molar-refractivity contribution >= 4 is 17.8 Å². The zero-order valence-electron chi connectivity index (χ0n) is 11.2. The van der Waals surface area contributed by atoms with Crippen LogP contribution in [0, 0.1) is 0 Å². The highest BCUT2D eigenvalue weighted by atomic mass is 32.2. The summed E-state index contributed by atoms with van der Waals surface area (Å²) in [5.41, 5.74) is 0. The van der Waals surface area contributed by atoms with Crippen molar-refractivity contribution in [2.24, 2.45) is 0 Å². The first-order chi connectivity index (χ1) is 8.79. The van der Waals surface area contributed by atoms with Crippen molar-refractivity contribution in [2.45, 2.75) is 43.9 Å². The van der Waals surface area contributed by atoms with E-state index in [1.54, 1.807) is 0 Å². The molecule has 2 aliphatic rings. The number of thioether (sulfide) groups is 1. The van der Waals surface area contributed by atoms with Crippen LogP contribution in [0.15, 0.2) is 0 Å². The minimum absolute atomic E-state index is 0.102. The van der Waals surface area contributed by atoms with Crippen LogP contribution >= 0.6 is 11.8 Å². The first-order valence-corrected chi connectivity index (χ1v) is 8.09. The van der Waals surface area contributed by atoms with E-state index in [9.17, 15) is 4.79 Å². The van der Waals surface area contributed by atoms with E-state index >= 15 is 0 Å². The molecule has 5 heteroatoms. The topological polar surface area (TPSA) is 41.6 Å². The van der Waals surface area contributed by atoms with Crippen molar-refractivity contribution in [1.82, 2.24) is 10.2 Å². The molecular weight excluding hydrogens is 248 g/mol. The highest BCUT2D eigenvalue weighted by molar-refractivity contribution is 7.99. The van der Waals surface area contributed by atoms with Gasteiger partial charge in [0.15, 0.2) is 0 Å². The van der Waals surface area contributed by atoms with Crippen molar-refractivity contribution < 1.29 is 9.53 Å². The van der Waals surface area contributed by atoms with Gasteiger partial charge in [-0.2, -0.15) is 11.8 Å². The Morgan fingerprint density at radius 1 is 1.39 bits per heavy atom. The third-order valence-electron chi connectivity index (χ3n) is 3.65. The molecule has 2 amide bonds. The summed E-state index contributed by atoms with van der Waals surface area (Å²) in [5, 5.41) is 3.93. The summed E-state index contributed by atoms with van der Waals surface area (Å²) in [6.45, 7) is 5.01. The zero-order chi connectivity index (χ0) is 12.8. The second kappa shape index (κ2) is 7.24. The number of amides is 2. The summed E-state index contributed by atoms with van der Waals surface area (Å²) in [5.74, 6) is 1.18. The Bertz CT molecular complexity index is 268. The van der Waals surface area contributed by atoms with Gasteiger partial charge >= 0.3 is 6.03 Å². The molecule has 18 heavy (non-hydrogen) atoms. The Morgan fingerprint density at radius 3 is 2.89 bits per heavy atom. The third kappa shape index (κ3) is 4.05. The van der Waals surface area contributed by atoms with Crippen molar-refractivity contribution in [1.29, 1.82) is 0 Å². The maximum Gasteiger partial charge on any atom is 0.317 e. The first-order valence-electron chi connectivity index (χ1n) is 7.04. The molecule has 2 unspecified atom stereocenters. The molecule has 0 bridgehead atoms. The van der Waals surface area contributed by atoms with Gasteiger partial charge < -0.3 is 15.0 Å². The standard InChI is InChI=1S/C13H24N2O2S/c1-2-18-12-5-3-4-11(10-12)14-13(16)15-6-8-17-9-7-15/h11-12H,2-10H2,1H3,(H,14,16). The Balaban J connectivity index is 1.75. The van der Waals surface area contributed by atoms with E-state index in [4.69, 9.17) is 4.74 Å². The molecule has 4 nitrogen and oxygen atoms in total. The fraction of sp³-hybridized carbons (Fsp3) is 0.923. The van der Waals surface area contributed by atoms with Gasteiger partial charge in [-0.25, -0.2) is 4.79 Å². The van der Waals surface area contributed by atoms with Gasteiger partial charge in [0.1, 0.15) is 0 Å². The maximum absolute atomic E-state index is 12.1. The second-order valence-electron chi connectivity index (χ2n) is 4.99. The van der Waals surface area contributed by atoms with Gasteiger partial charge in [0, 0.05) is 24.4 Å². The Kier molecular flexibility index (Phi) is 5.63. The van der Waals surface area contributed by atoms with Crippen LogP contribution in [0.3, 0.4) is 0 Å². The zero-order valence-corrected chi connectivity index (χ0v) is 12.0. The number of morpholine rings is 1. The number of carbonyl (C=O) groups is 1. The third-order valence-corrected chi connectivity index (χ3v) is 4.89. The monoisotopic (exact) mass is 272 g/mol. The fourth-order valence-electron chi connectivity index (χ4n) is 2.70. The lowest BCUT2D eigenvalue weighted by Gasteiger charge is -2.33. The van der Waals surface area contributed by atoms with E-state index in [2.05, 4.69) is 12.2 Å². The molecule has 1 heterocycles. The van der Waals surface area contributed by atoms with Crippen molar-refractivity contribution in [3.8, 4) is 0 Å². The molecule has 0 radical (unpaired) electrons.